The van der Waals surface area contributed by atoms with Gasteiger partial charge in [-0.05, 0) is 32.1 Å². The van der Waals surface area contributed by atoms with Crippen LogP contribution in [0.4, 0.5) is 0 Å². The molecule has 2 fully saturated rings. The quantitative estimate of drug-likeness (QED) is 0.597. The molecule has 2 heterocycles. The minimum absolute atomic E-state index is 0.286. The fourth-order valence-corrected chi connectivity index (χ4v) is 3.17. The van der Waals surface area contributed by atoms with Crippen LogP contribution in [0, 0.1) is 17.8 Å². The topological polar surface area (TPSA) is 29.1 Å². The second-order valence-electron chi connectivity index (χ2n) is 5.76. The van der Waals surface area contributed by atoms with Gasteiger partial charge in [-0.3, -0.25) is 4.79 Å². The Morgan fingerprint density at radius 1 is 1.17 bits per heavy atom. The highest BCUT2D eigenvalue weighted by molar-refractivity contribution is 5.83. The summed E-state index contributed by atoms with van der Waals surface area (Å²) in [5.41, 5.74) is 0. The number of Topliss-reactive ketones (excluding diaryl/α,β-unsaturated/α-hetero) is 1. The van der Waals surface area contributed by atoms with Crippen LogP contribution in [-0.2, 0) is 4.79 Å². The number of unbranched alkanes of at least 4 members (excludes halogenated alkanes) is 3. The van der Waals surface area contributed by atoms with Gasteiger partial charge in [0, 0.05) is 24.4 Å². The van der Waals surface area contributed by atoms with Crippen LogP contribution in [0.5, 0.6) is 0 Å². The Balaban J connectivity index is 1.68. The molecule has 2 aliphatic heterocycles. The van der Waals surface area contributed by atoms with Crippen molar-refractivity contribution in [3.8, 4) is 11.8 Å². The van der Waals surface area contributed by atoms with E-state index in [2.05, 4.69) is 24.1 Å². The zero-order valence-corrected chi connectivity index (χ0v) is 11.5. The van der Waals surface area contributed by atoms with Gasteiger partial charge in [0.25, 0.3) is 0 Å². The first kappa shape index (κ1) is 13.6. The maximum Gasteiger partial charge on any atom is 0.147 e. The first-order valence-electron chi connectivity index (χ1n) is 7.54. The molecule has 0 saturated carbocycles. The Hall–Kier alpha value is -0.810. The molecule has 2 unspecified atom stereocenters. The monoisotopic (exact) mass is 247 g/mol. The largest absolute Gasteiger partial charge is 0.311 e. The Labute approximate surface area is 111 Å². The summed E-state index contributed by atoms with van der Waals surface area (Å²) >= 11 is 0. The Morgan fingerprint density at radius 3 is 2.56 bits per heavy atom. The van der Waals surface area contributed by atoms with Gasteiger partial charge in [-0.1, -0.05) is 25.7 Å². The molecule has 0 radical (unpaired) electrons. The van der Waals surface area contributed by atoms with E-state index in [0.717, 1.165) is 19.3 Å². The van der Waals surface area contributed by atoms with Crippen molar-refractivity contribution in [3.63, 3.8) is 0 Å². The van der Waals surface area contributed by atoms with Crippen LogP contribution in [0.2, 0.25) is 0 Å². The second kappa shape index (κ2) is 6.95. The van der Waals surface area contributed by atoms with E-state index < -0.39 is 0 Å². The summed E-state index contributed by atoms with van der Waals surface area (Å²) in [6, 6.07) is 1.21. The van der Waals surface area contributed by atoms with Crippen molar-refractivity contribution < 1.29 is 4.79 Å². The standard InChI is InChI=1S/C16H25NO/c1-2-3-4-5-6-7-8-16(18)13-11-14-9-10-15(12-13)17-14/h13-15,17H,2-5,8-12H2,1H3. The molecule has 0 spiro atoms. The molecule has 0 amide bonds. The summed E-state index contributed by atoms with van der Waals surface area (Å²) in [6.45, 7) is 2.20. The Morgan fingerprint density at radius 2 is 1.89 bits per heavy atom. The molecular formula is C16H25NO. The molecule has 2 heteroatoms. The summed E-state index contributed by atoms with van der Waals surface area (Å²) in [7, 11) is 0. The van der Waals surface area contributed by atoms with Gasteiger partial charge in [0.2, 0.25) is 0 Å². The molecule has 100 valence electrons. The van der Waals surface area contributed by atoms with E-state index >= 15 is 0 Å². The molecular weight excluding hydrogens is 222 g/mol. The van der Waals surface area contributed by atoms with Crippen LogP contribution in [0.25, 0.3) is 0 Å². The number of piperidine rings is 1. The number of rotatable bonds is 5. The molecule has 18 heavy (non-hydrogen) atoms. The van der Waals surface area contributed by atoms with Gasteiger partial charge in [-0.15, -0.1) is 5.92 Å². The number of fused-ring (bicyclic) bond motifs is 2. The van der Waals surface area contributed by atoms with Crippen LogP contribution in [-0.4, -0.2) is 17.9 Å². The zero-order chi connectivity index (χ0) is 12.8. The number of carbonyl (C=O) groups excluding carboxylic acids is 1. The Kier molecular flexibility index (Phi) is 5.26. The van der Waals surface area contributed by atoms with Crippen LogP contribution in [0.3, 0.4) is 0 Å². The third kappa shape index (κ3) is 3.85. The first-order valence-corrected chi connectivity index (χ1v) is 7.54. The number of nitrogens with one attached hydrogen (secondary N) is 1. The third-order valence-electron chi connectivity index (χ3n) is 4.22. The summed E-state index contributed by atoms with van der Waals surface area (Å²) in [5.74, 6) is 6.88. The summed E-state index contributed by atoms with van der Waals surface area (Å²) in [6.07, 6.45) is 9.72. The van der Waals surface area contributed by atoms with Gasteiger partial charge >= 0.3 is 0 Å². The maximum atomic E-state index is 12.1. The average molecular weight is 247 g/mol. The molecule has 0 aliphatic carbocycles. The van der Waals surface area contributed by atoms with Crippen molar-refractivity contribution in [3.05, 3.63) is 0 Å². The second-order valence-corrected chi connectivity index (χ2v) is 5.76. The molecule has 0 aromatic rings. The number of hydrogen-bond donors (Lipinski definition) is 1. The summed E-state index contributed by atoms with van der Waals surface area (Å²) < 4.78 is 0. The van der Waals surface area contributed by atoms with E-state index in [1.54, 1.807) is 0 Å². The van der Waals surface area contributed by atoms with Gasteiger partial charge in [-0.25, -0.2) is 0 Å². The molecule has 2 atom stereocenters. The zero-order valence-electron chi connectivity index (χ0n) is 11.5. The highest BCUT2D eigenvalue weighted by Gasteiger charge is 2.35. The smallest absolute Gasteiger partial charge is 0.147 e. The number of hydrogen-bond acceptors (Lipinski definition) is 2. The molecule has 2 nitrogen and oxygen atoms in total. The lowest BCUT2D eigenvalue weighted by atomic mass is 9.87. The normalized spacial score (nSPS) is 29.7. The van der Waals surface area contributed by atoms with E-state index in [0.29, 0.717) is 24.3 Å². The Bertz CT molecular complexity index is 327. The van der Waals surface area contributed by atoms with Gasteiger partial charge in [0.05, 0.1) is 6.42 Å². The number of ketones is 1. The molecule has 2 rings (SSSR count). The predicted molar refractivity (Wildman–Crippen MR) is 74.2 cm³/mol. The lowest BCUT2D eigenvalue weighted by Gasteiger charge is -2.27. The van der Waals surface area contributed by atoms with Crippen LogP contribution >= 0.6 is 0 Å². The highest BCUT2D eigenvalue weighted by Crippen LogP contribution is 2.31. The fourth-order valence-electron chi connectivity index (χ4n) is 3.17. The maximum absolute atomic E-state index is 12.1. The predicted octanol–water partition coefficient (Wildman–Crippen LogP) is 3.06. The van der Waals surface area contributed by atoms with Crippen molar-refractivity contribution in [1.29, 1.82) is 0 Å². The van der Waals surface area contributed by atoms with Gasteiger partial charge in [0.15, 0.2) is 0 Å². The summed E-state index contributed by atoms with van der Waals surface area (Å²) in [5, 5.41) is 3.58. The number of carbonyl (C=O) groups is 1. The van der Waals surface area contributed by atoms with Gasteiger partial charge in [-0.2, -0.15) is 0 Å². The molecule has 0 aromatic heterocycles. The molecule has 1 N–H and O–H groups in total. The van der Waals surface area contributed by atoms with E-state index in [1.807, 2.05) is 0 Å². The van der Waals surface area contributed by atoms with Crippen molar-refractivity contribution in [2.45, 2.75) is 76.8 Å². The fraction of sp³-hybridized carbons (Fsp3) is 0.812. The van der Waals surface area contributed by atoms with Crippen molar-refractivity contribution >= 4 is 5.78 Å². The van der Waals surface area contributed by atoms with Crippen LogP contribution < -0.4 is 5.32 Å². The van der Waals surface area contributed by atoms with Crippen molar-refractivity contribution in [2.24, 2.45) is 5.92 Å². The first-order chi connectivity index (χ1) is 8.79. The van der Waals surface area contributed by atoms with E-state index in [1.165, 1.54) is 32.1 Å². The molecule has 2 bridgehead atoms. The lowest BCUT2D eigenvalue weighted by molar-refractivity contribution is -0.123. The van der Waals surface area contributed by atoms with Gasteiger partial charge in [0.1, 0.15) is 5.78 Å². The third-order valence-corrected chi connectivity index (χ3v) is 4.22. The lowest BCUT2D eigenvalue weighted by Crippen LogP contribution is -2.40. The molecule has 2 saturated heterocycles. The van der Waals surface area contributed by atoms with Crippen LogP contribution in [0.15, 0.2) is 0 Å². The van der Waals surface area contributed by atoms with E-state index in [9.17, 15) is 4.79 Å². The van der Waals surface area contributed by atoms with E-state index in [4.69, 9.17) is 0 Å². The highest BCUT2D eigenvalue weighted by atomic mass is 16.1. The minimum Gasteiger partial charge on any atom is -0.311 e. The minimum atomic E-state index is 0.286. The average Bonchev–Trinajstić information content (AvgIpc) is 2.72. The SMILES string of the molecule is CCCCCC#CCC(=O)C1CC2CCC(C1)N2. The van der Waals surface area contributed by atoms with Crippen molar-refractivity contribution in [2.75, 3.05) is 0 Å². The van der Waals surface area contributed by atoms with E-state index in [-0.39, 0.29) is 5.92 Å². The molecule has 0 aromatic carbocycles. The summed E-state index contributed by atoms with van der Waals surface area (Å²) in [4.78, 5) is 12.1. The van der Waals surface area contributed by atoms with Crippen LogP contribution in [0.1, 0.15) is 64.7 Å². The van der Waals surface area contributed by atoms with Gasteiger partial charge < -0.3 is 5.32 Å². The van der Waals surface area contributed by atoms with Crippen molar-refractivity contribution in [1.82, 2.24) is 5.32 Å². The molecule has 2 aliphatic rings.